The van der Waals surface area contributed by atoms with E-state index >= 15 is 0 Å². The highest BCUT2D eigenvalue weighted by atomic mass is 16.5. The first kappa shape index (κ1) is 17.0. The molecule has 0 amide bonds. The number of nitrogens with zero attached hydrogens (tertiary/aromatic N) is 4. The Balaban J connectivity index is 2.11. The molecule has 0 bridgehead atoms. The molecule has 1 aromatic carbocycles. The minimum atomic E-state index is -0.111. The summed E-state index contributed by atoms with van der Waals surface area (Å²) in [6.07, 6.45) is 5.48. The Morgan fingerprint density at radius 2 is 2.16 bits per heavy atom. The first-order chi connectivity index (χ1) is 12.1. The van der Waals surface area contributed by atoms with E-state index in [2.05, 4.69) is 15.0 Å². The lowest BCUT2D eigenvalue weighted by atomic mass is 10.0. The van der Waals surface area contributed by atoms with Gasteiger partial charge < -0.3 is 15.6 Å². The van der Waals surface area contributed by atoms with Gasteiger partial charge in [0.1, 0.15) is 6.33 Å². The van der Waals surface area contributed by atoms with Crippen LogP contribution >= 0.6 is 0 Å². The summed E-state index contributed by atoms with van der Waals surface area (Å²) >= 11 is 0. The van der Waals surface area contributed by atoms with Crippen molar-refractivity contribution in [2.45, 2.75) is 13.3 Å². The van der Waals surface area contributed by atoms with Gasteiger partial charge in [0.15, 0.2) is 5.78 Å². The highest BCUT2D eigenvalue weighted by molar-refractivity contribution is 6.07. The molecule has 25 heavy (non-hydrogen) atoms. The van der Waals surface area contributed by atoms with Crippen LogP contribution in [0.2, 0.25) is 0 Å². The van der Waals surface area contributed by atoms with Crippen molar-refractivity contribution in [1.29, 1.82) is 0 Å². The van der Waals surface area contributed by atoms with Gasteiger partial charge in [-0.25, -0.2) is 15.0 Å². The Morgan fingerprint density at radius 3 is 2.84 bits per heavy atom. The number of imidazole rings is 1. The van der Waals surface area contributed by atoms with E-state index in [9.17, 15) is 4.79 Å². The van der Waals surface area contributed by atoms with E-state index in [1.54, 1.807) is 35.4 Å². The van der Waals surface area contributed by atoms with E-state index in [1.165, 1.54) is 6.92 Å². The summed E-state index contributed by atoms with van der Waals surface area (Å²) in [4.78, 5) is 24.9. The van der Waals surface area contributed by atoms with Gasteiger partial charge in [0.2, 0.25) is 5.95 Å². The molecule has 0 radical (unpaired) electrons. The van der Waals surface area contributed by atoms with Crippen LogP contribution in [0, 0.1) is 0 Å². The molecule has 3 aromatic rings. The van der Waals surface area contributed by atoms with Gasteiger partial charge in [-0.05, 0) is 19.1 Å². The fraction of sp³-hybridized carbons (Fsp3) is 0.294. The van der Waals surface area contributed by atoms with Crippen LogP contribution in [0.25, 0.3) is 16.9 Å². The number of nitrogens with two attached hydrogens (primary N) is 1. The topological polar surface area (TPSA) is 116 Å². The summed E-state index contributed by atoms with van der Waals surface area (Å²) in [5.74, 6) is 0.359. The summed E-state index contributed by atoms with van der Waals surface area (Å²) in [6, 6.07) is 3.44. The molecule has 2 heterocycles. The lowest BCUT2D eigenvalue weighted by Crippen LogP contribution is -2.10. The molecule has 2 aromatic heterocycles. The maximum absolute atomic E-state index is 11.8. The van der Waals surface area contributed by atoms with E-state index in [-0.39, 0.29) is 19.0 Å². The molecule has 0 unspecified atom stereocenters. The van der Waals surface area contributed by atoms with Gasteiger partial charge in [0, 0.05) is 29.8 Å². The van der Waals surface area contributed by atoms with Crippen LogP contribution in [0.4, 0.5) is 5.69 Å². The largest absolute Gasteiger partial charge is 0.398 e. The minimum absolute atomic E-state index is 0.0402. The molecule has 8 heteroatoms. The zero-order chi connectivity index (χ0) is 17.8. The van der Waals surface area contributed by atoms with E-state index < -0.39 is 0 Å². The molecule has 0 fully saturated rings. The summed E-state index contributed by atoms with van der Waals surface area (Å²) in [6.45, 7) is 2.06. The van der Waals surface area contributed by atoms with Crippen molar-refractivity contribution in [3.63, 3.8) is 0 Å². The number of rotatable bonds is 7. The van der Waals surface area contributed by atoms with Crippen LogP contribution in [-0.2, 0) is 11.2 Å². The van der Waals surface area contributed by atoms with E-state index in [1.807, 2.05) is 0 Å². The maximum atomic E-state index is 11.8. The number of carbonyl (C=O) groups excluding carboxylic acids is 1. The molecule has 0 atom stereocenters. The highest BCUT2D eigenvalue weighted by Crippen LogP contribution is 2.28. The SMILES string of the molecule is CC(=O)c1ccc2nc(-n3ccnc3)nc(CCOCCO)c2c1N. The Labute approximate surface area is 144 Å². The first-order valence-corrected chi connectivity index (χ1v) is 7.88. The van der Waals surface area contributed by atoms with Crippen molar-refractivity contribution in [3.05, 3.63) is 42.1 Å². The van der Waals surface area contributed by atoms with Gasteiger partial charge in [-0.2, -0.15) is 0 Å². The Morgan fingerprint density at radius 1 is 1.32 bits per heavy atom. The second-order valence-corrected chi connectivity index (χ2v) is 5.50. The van der Waals surface area contributed by atoms with Gasteiger partial charge in [-0.1, -0.05) is 0 Å². The van der Waals surface area contributed by atoms with Crippen molar-refractivity contribution in [3.8, 4) is 5.95 Å². The Hall–Kier alpha value is -2.84. The van der Waals surface area contributed by atoms with Crippen molar-refractivity contribution in [1.82, 2.24) is 19.5 Å². The number of aliphatic hydroxyl groups is 1. The first-order valence-electron chi connectivity index (χ1n) is 7.88. The summed E-state index contributed by atoms with van der Waals surface area (Å²) < 4.78 is 7.05. The molecular weight excluding hydrogens is 322 g/mol. The van der Waals surface area contributed by atoms with Crippen LogP contribution in [0.3, 0.4) is 0 Å². The third-order valence-corrected chi connectivity index (χ3v) is 3.80. The molecule has 0 saturated carbocycles. The number of anilines is 1. The Kier molecular flexibility index (Phi) is 5.01. The van der Waals surface area contributed by atoms with Crippen molar-refractivity contribution < 1.29 is 14.6 Å². The lowest BCUT2D eigenvalue weighted by Gasteiger charge is -2.13. The average molecular weight is 341 g/mol. The van der Waals surface area contributed by atoms with Gasteiger partial charge in [0.25, 0.3) is 0 Å². The molecule has 0 saturated heterocycles. The number of ketones is 1. The summed E-state index contributed by atoms with van der Waals surface area (Å²) in [5, 5.41) is 9.48. The normalized spacial score (nSPS) is 11.1. The predicted octanol–water partition coefficient (Wildman–Crippen LogP) is 1.15. The number of fused-ring (bicyclic) bond motifs is 1. The third-order valence-electron chi connectivity index (χ3n) is 3.80. The second kappa shape index (κ2) is 7.37. The quantitative estimate of drug-likeness (QED) is 0.376. The van der Waals surface area contributed by atoms with Crippen molar-refractivity contribution in [2.75, 3.05) is 25.6 Å². The number of hydrogen-bond donors (Lipinski definition) is 2. The third kappa shape index (κ3) is 3.49. The number of hydrogen-bond acceptors (Lipinski definition) is 7. The standard InChI is InChI=1S/C17H19N5O3/c1-11(24)12-2-3-13-15(16(12)18)14(4-8-25-9-7-23)21-17(20-13)22-6-5-19-10-22/h2-3,5-6,10,23H,4,7-9,18H2,1H3. The smallest absolute Gasteiger partial charge is 0.235 e. The van der Waals surface area contributed by atoms with Crippen LogP contribution < -0.4 is 5.73 Å². The van der Waals surface area contributed by atoms with Crippen molar-refractivity contribution in [2.24, 2.45) is 0 Å². The molecule has 3 N–H and O–H groups in total. The zero-order valence-electron chi connectivity index (χ0n) is 13.8. The molecular formula is C17H19N5O3. The molecule has 130 valence electrons. The van der Waals surface area contributed by atoms with Crippen molar-refractivity contribution >= 4 is 22.4 Å². The van der Waals surface area contributed by atoms with E-state index in [4.69, 9.17) is 15.6 Å². The molecule has 0 aliphatic heterocycles. The molecule has 0 aliphatic rings. The van der Waals surface area contributed by atoms with Crippen LogP contribution in [0.1, 0.15) is 23.0 Å². The Bertz CT molecular complexity index is 893. The molecule has 3 rings (SSSR count). The van der Waals surface area contributed by atoms with Gasteiger partial charge in [0.05, 0.1) is 36.7 Å². The second-order valence-electron chi connectivity index (χ2n) is 5.50. The number of ether oxygens (including phenoxy) is 1. The van der Waals surface area contributed by atoms with Crippen LogP contribution in [0.15, 0.2) is 30.9 Å². The maximum Gasteiger partial charge on any atom is 0.235 e. The zero-order valence-corrected chi connectivity index (χ0v) is 13.8. The van der Waals surface area contributed by atoms with E-state index in [0.29, 0.717) is 46.8 Å². The molecule has 0 spiro atoms. The highest BCUT2D eigenvalue weighted by Gasteiger charge is 2.16. The predicted molar refractivity (Wildman–Crippen MR) is 92.7 cm³/mol. The average Bonchev–Trinajstić information content (AvgIpc) is 3.13. The monoisotopic (exact) mass is 341 g/mol. The van der Waals surface area contributed by atoms with E-state index in [0.717, 1.165) is 0 Å². The lowest BCUT2D eigenvalue weighted by molar-refractivity contribution is 0.0942. The summed E-state index contributed by atoms with van der Waals surface area (Å²) in [7, 11) is 0. The number of aliphatic hydroxyl groups excluding tert-OH is 1. The number of nitrogen functional groups attached to an aromatic ring is 1. The number of aromatic nitrogens is 4. The summed E-state index contributed by atoms with van der Waals surface area (Å²) in [5.41, 5.74) is 8.38. The number of Topliss-reactive ketones (excluding diaryl/α,β-unsaturated/α-hetero) is 1. The van der Waals surface area contributed by atoms with Crippen LogP contribution in [0.5, 0.6) is 0 Å². The van der Waals surface area contributed by atoms with Gasteiger partial charge >= 0.3 is 0 Å². The molecule has 0 aliphatic carbocycles. The van der Waals surface area contributed by atoms with Gasteiger partial charge in [-0.3, -0.25) is 9.36 Å². The minimum Gasteiger partial charge on any atom is -0.398 e. The fourth-order valence-corrected chi connectivity index (χ4v) is 2.63. The molecule has 8 nitrogen and oxygen atoms in total. The van der Waals surface area contributed by atoms with Crippen LogP contribution in [-0.4, -0.2) is 50.2 Å². The number of benzene rings is 1. The number of carbonyl (C=O) groups is 1. The van der Waals surface area contributed by atoms with Gasteiger partial charge in [-0.15, -0.1) is 0 Å². The fourth-order valence-electron chi connectivity index (χ4n) is 2.63.